The van der Waals surface area contributed by atoms with E-state index in [1.54, 1.807) is 6.08 Å². The predicted octanol–water partition coefficient (Wildman–Crippen LogP) is 6.65. The van der Waals surface area contributed by atoms with Crippen LogP contribution in [0.2, 0.25) is 0 Å². The SMILES string of the molecule is O=C(O)C=Cc1ccccc1.c1ccc(C(c2ccccc2)c2ccccc2)cc1. The first-order valence-corrected chi connectivity index (χ1v) is 9.85. The highest BCUT2D eigenvalue weighted by Crippen LogP contribution is 2.31. The number of rotatable bonds is 5. The molecule has 0 amide bonds. The van der Waals surface area contributed by atoms with Gasteiger partial charge in [-0.1, -0.05) is 121 Å². The van der Waals surface area contributed by atoms with Crippen LogP contribution in [-0.4, -0.2) is 11.1 Å². The number of carboxylic acid groups (broad SMARTS) is 1. The zero-order valence-corrected chi connectivity index (χ0v) is 16.6. The minimum absolute atomic E-state index is 0.309. The zero-order valence-electron chi connectivity index (χ0n) is 16.6. The third-order valence-electron chi connectivity index (χ3n) is 4.62. The number of carbonyl (C=O) groups is 1. The molecule has 0 heterocycles. The lowest BCUT2D eigenvalue weighted by atomic mass is 9.85. The molecule has 2 heteroatoms. The molecular weight excluding hydrogens is 368 g/mol. The fourth-order valence-electron chi connectivity index (χ4n) is 3.25. The van der Waals surface area contributed by atoms with Crippen LogP contribution in [0.3, 0.4) is 0 Å². The molecule has 4 aromatic carbocycles. The van der Waals surface area contributed by atoms with Crippen LogP contribution in [0.4, 0.5) is 0 Å². The highest BCUT2D eigenvalue weighted by Gasteiger charge is 2.15. The fourth-order valence-corrected chi connectivity index (χ4v) is 3.25. The molecule has 2 nitrogen and oxygen atoms in total. The van der Waals surface area contributed by atoms with Gasteiger partial charge in [-0.25, -0.2) is 4.79 Å². The van der Waals surface area contributed by atoms with Gasteiger partial charge in [-0.3, -0.25) is 0 Å². The maximum Gasteiger partial charge on any atom is 0.328 e. The van der Waals surface area contributed by atoms with Crippen molar-refractivity contribution >= 4 is 12.0 Å². The summed E-state index contributed by atoms with van der Waals surface area (Å²) in [4.78, 5) is 10.1. The van der Waals surface area contributed by atoms with E-state index in [0.29, 0.717) is 5.92 Å². The Hall–Kier alpha value is -3.91. The summed E-state index contributed by atoms with van der Waals surface area (Å²) in [7, 11) is 0. The first-order chi connectivity index (χ1) is 14.7. The van der Waals surface area contributed by atoms with Gasteiger partial charge in [-0.15, -0.1) is 0 Å². The highest BCUT2D eigenvalue weighted by atomic mass is 16.4. The van der Waals surface area contributed by atoms with Crippen molar-refractivity contribution in [2.45, 2.75) is 5.92 Å². The van der Waals surface area contributed by atoms with Gasteiger partial charge in [-0.05, 0) is 28.3 Å². The number of carboxylic acids is 1. The van der Waals surface area contributed by atoms with Crippen LogP contribution >= 0.6 is 0 Å². The molecule has 0 atom stereocenters. The first kappa shape index (κ1) is 20.8. The molecule has 1 N–H and O–H groups in total. The van der Waals surface area contributed by atoms with Gasteiger partial charge in [0.1, 0.15) is 0 Å². The van der Waals surface area contributed by atoms with Crippen molar-refractivity contribution in [3.8, 4) is 0 Å². The molecule has 0 unspecified atom stereocenters. The second kappa shape index (κ2) is 11.2. The van der Waals surface area contributed by atoms with Crippen LogP contribution in [0.1, 0.15) is 28.2 Å². The van der Waals surface area contributed by atoms with Crippen LogP contribution < -0.4 is 0 Å². The Bertz CT molecular complexity index is 947. The molecule has 0 aliphatic carbocycles. The van der Waals surface area contributed by atoms with Crippen LogP contribution in [0.5, 0.6) is 0 Å². The average Bonchev–Trinajstić information content (AvgIpc) is 2.81. The van der Waals surface area contributed by atoms with Crippen molar-refractivity contribution in [3.05, 3.63) is 150 Å². The van der Waals surface area contributed by atoms with Crippen molar-refractivity contribution in [1.29, 1.82) is 0 Å². The molecule has 0 aromatic heterocycles. The van der Waals surface area contributed by atoms with E-state index in [0.717, 1.165) is 11.6 Å². The Balaban J connectivity index is 0.000000199. The average molecular weight is 392 g/mol. The minimum Gasteiger partial charge on any atom is -0.478 e. The van der Waals surface area contributed by atoms with Gasteiger partial charge < -0.3 is 5.11 Å². The van der Waals surface area contributed by atoms with Gasteiger partial charge >= 0.3 is 5.97 Å². The van der Waals surface area contributed by atoms with E-state index in [4.69, 9.17) is 5.11 Å². The third kappa shape index (κ3) is 6.32. The lowest BCUT2D eigenvalue weighted by molar-refractivity contribution is -0.131. The van der Waals surface area contributed by atoms with E-state index in [9.17, 15) is 4.79 Å². The fraction of sp³-hybridized carbons (Fsp3) is 0.0357. The second-order valence-corrected chi connectivity index (χ2v) is 6.75. The summed E-state index contributed by atoms with van der Waals surface area (Å²) in [5.41, 5.74) is 4.90. The van der Waals surface area contributed by atoms with Crippen LogP contribution in [0, 0.1) is 0 Å². The van der Waals surface area contributed by atoms with Gasteiger partial charge in [0.05, 0.1) is 0 Å². The van der Waals surface area contributed by atoms with Gasteiger partial charge in [0.25, 0.3) is 0 Å². The van der Waals surface area contributed by atoms with Crippen LogP contribution in [0.15, 0.2) is 127 Å². The van der Waals surface area contributed by atoms with Gasteiger partial charge in [-0.2, -0.15) is 0 Å². The lowest BCUT2D eigenvalue weighted by Crippen LogP contribution is -2.02. The Morgan fingerprint density at radius 3 is 1.23 bits per heavy atom. The molecule has 30 heavy (non-hydrogen) atoms. The van der Waals surface area contributed by atoms with Crippen LogP contribution in [0.25, 0.3) is 6.08 Å². The normalized spacial score (nSPS) is 10.4. The number of benzene rings is 4. The van der Waals surface area contributed by atoms with E-state index in [-0.39, 0.29) is 0 Å². The summed E-state index contributed by atoms with van der Waals surface area (Å²) in [6.07, 6.45) is 2.68. The Labute approximate surface area is 177 Å². The van der Waals surface area contributed by atoms with E-state index < -0.39 is 5.97 Å². The van der Waals surface area contributed by atoms with E-state index >= 15 is 0 Å². The number of aliphatic carboxylic acids is 1. The minimum atomic E-state index is -0.922. The summed E-state index contributed by atoms with van der Waals surface area (Å²) in [5.74, 6) is -0.613. The molecule has 0 aliphatic heterocycles. The summed E-state index contributed by atoms with van der Waals surface area (Å²) in [5, 5.41) is 8.29. The van der Waals surface area contributed by atoms with E-state index in [1.165, 1.54) is 16.7 Å². The standard InChI is InChI=1S/C19H16.C9H8O2/c1-4-10-16(11-5-1)19(17-12-6-2-7-13-17)18-14-8-3-9-15-18;10-9(11)7-6-8-4-2-1-3-5-8/h1-15,19H;1-7H,(H,10,11). The molecule has 4 aromatic rings. The Kier molecular flexibility index (Phi) is 7.76. The monoisotopic (exact) mass is 392 g/mol. The molecule has 0 saturated heterocycles. The van der Waals surface area contributed by atoms with E-state index in [2.05, 4.69) is 91.0 Å². The van der Waals surface area contributed by atoms with Crippen molar-refractivity contribution in [3.63, 3.8) is 0 Å². The largest absolute Gasteiger partial charge is 0.478 e. The van der Waals surface area contributed by atoms with Crippen molar-refractivity contribution in [1.82, 2.24) is 0 Å². The molecule has 0 spiro atoms. The zero-order chi connectivity index (χ0) is 21.0. The third-order valence-corrected chi connectivity index (χ3v) is 4.62. The maximum absolute atomic E-state index is 10.1. The molecule has 0 bridgehead atoms. The predicted molar refractivity (Wildman–Crippen MR) is 123 cm³/mol. The topological polar surface area (TPSA) is 37.3 Å². The summed E-state index contributed by atoms with van der Waals surface area (Å²) < 4.78 is 0. The highest BCUT2D eigenvalue weighted by molar-refractivity contribution is 5.85. The number of hydrogen-bond donors (Lipinski definition) is 1. The Morgan fingerprint density at radius 1 is 0.567 bits per heavy atom. The molecule has 0 radical (unpaired) electrons. The lowest BCUT2D eigenvalue weighted by Gasteiger charge is -2.18. The first-order valence-electron chi connectivity index (χ1n) is 9.85. The quantitative estimate of drug-likeness (QED) is 0.305. The smallest absolute Gasteiger partial charge is 0.328 e. The molecule has 0 fully saturated rings. The van der Waals surface area contributed by atoms with E-state index in [1.807, 2.05) is 30.3 Å². The number of hydrogen-bond acceptors (Lipinski definition) is 1. The molecular formula is C28H24O2. The van der Waals surface area contributed by atoms with Gasteiger partial charge in [0, 0.05) is 12.0 Å². The van der Waals surface area contributed by atoms with Crippen molar-refractivity contribution < 1.29 is 9.90 Å². The second-order valence-electron chi connectivity index (χ2n) is 6.75. The van der Waals surface area contributed by atoms with Gasteiger partial charge in [0.2, 0.25) is 0 Å². The van der Waals surface area contributed by atoms with Crippen LogP contribution in [-0.2, 0) is 4.79 Å². The summed E-state index contributed by atoms with van der Waals surface area (Å²) in [6.45, 7) is 0. The van der Waals surface area contributed by atoms with Crippen molar-refractivity contribution in [2.24, 2.45) is 0 Å². The molecule has 148 valence electrons. The summed E-state index contributed by atoms with van der Waals surface area (Å²) >= 11 is 0. The Morgan fingerprint density at radius 2 is 0.900 bits per heavy atom. The molecule has 0 saturated carbocycles. The molecule has 0 aliphatic rings. The van der Waals surface area contributed by atoms with Gasteiger partial charge in [0.15, 0.2) is 0 Å². The maximum atomic E-state index is 10.1. The van der Waals surface area contributed by atoms with Crippen molar-refractivity contribution in [2.75, 3.05) is 0 Å². The molecule has 4 rings (SSSR count). The summed E-state index contributed by atoms with van der Waals surface area (Å²) in [6, 6.07) is 41.3.